The molecule has 0 saturated carbocycles. The number of hydrogen-bond donors (Lipinski definition) is 0. The molecule has 0 bridgehead atoms. The van der Waals surface area contributed by atoms with E-state index in [1.54, 1.807) is 22.6 Å². The fourth-order valence-corrected chi connectivity index (χ4v) is 2.68. The third kappa shape index (κ3) is 3.09. The van der Waals surface area contributed by atoms with Crippen molar-refractivity contribution in [3.63, 3.8) is 0 Å². The van der Waals surface area contributed by atoms with Crippen LogP contribution in [0.15, 0.2) is 10.8 Å². The van der Waals surface area contributed by atoms with Crippen molar-refractivity contribution in [2.45, 2.75) is 12.8 Å². The highest BCUT2D eigenvalue weighted by atomic mass is 127. The molecule has 0 saturated heterocycles. The average molecular weight is 406 g/mol. The van der Waals surface area contributed by atoms with E-state index in [9.17, 15) is 13.6 Å². The Morgan fingerprint density at radius 2 is 2.31 bits per heavy atom. The van der Waals surface area contributed by atoms with Crippen molar-refractivity contribution >= 4 is 44.5 Å². The summed E-state index contributed by atoms with van der Waals surface area (Å²) < 4.78 is 30.4. The van der Waals surface area contributed by atoms with Crippen LogP contribution in [0, 0.1) is 3.57 Å². The second kappa shape index (κ2) is 5.85. The van der Waals surface area contributed by atoms with Gasteiger partial charge in [-0.15, -0.1) is 0 Å². The van der Waals surface area contributed by atoms with E-state index < -0.39 is 12.4 Å². The molecule has 0 amide bonds. The summed E-state index contributed by atoms with van der Waals surface area (Å²) in [5, 5.41) is 0. The number of ether oxygens (including phenoxy) is 1. The summed E-state index contributed by atoms with van der Waals surface area (Å²) in [6.07, 6.45) is -1.59. The molecule has 0 aliphatic heterocycles. The number of methoxy groups -OCH3 is 1. The number of halogens is 4. The first-order chi connectivity index (χ1) is 7.47. The van der Waals surface area contributed by atoms with Crippen molar-refractivity contribution in [3.8, 4) is 0 Å². The van der Waals surface area contributed by atoms with Crippen LogP contribution in [0.3, 0.4) is 0 Å². The lowest BCUT2D eigenvalue weighted by atomic mass is 10.1. The predicted molar refractivity (Wildman–Crippen MR) is 65.3 cm³/mol. The van der Waals surface area contributed by atoms with Gasteiger partial charge < -0.3 is 4.74 Å². The molecular weight excluding hydrogens is 399 g/mol. The molecule has 0 aliphatic carbocycles. The maximum Gasteiger partial charge on any atom is 0.310 e. The largest absolute Gasteiger partial charge is 0.469 e. The Kier molecular flexibility index (Phi) is 5.03. The first kappa shape index (κ1) is 13.8. The number of carbonyl (C=O) groups excluding carboxylic acids is 1. The van der Waals surface area contributed by atoms with E-state index in [4.69, 9.17) is 0 Å². The molecule has 7 heteroatoms. The second-order valence-corrected chi connectivity index (χ2v) is 4.68. The van der Waals surface area contributed by atoms with Gasteiger partial charge in [-0.05, 0) is 38.5 Å². The van der Waals surface area contributed by atoms with Crippen LogP contribution in [-0.2, 0) is 16.0 Å². The van der Waals surface area contributed by atoms with E-state index in [0.29, 0.717) is 13.7 Å². The standard InChI is InChI=1S/C9H7BrF2INO2/c1-16-6(15)2-4-7(13)5(9(11)12)3-14-8(4)10/h3,9H,2H2,1H3. The monoisotopic (exact) mass is 405 g/mol. The van der Waals surface area contributed by atoms with Crippen molar-refractivity contribution < 1.29 is 18.3 Å². The fraction of sp³-hybridized carbons (Fsp3) is 0.333. The van der Waals surface area contributed by atoms with E-state index >= 15 is 0 Å². The summed E-state index contributed by atoms with van der Waals surface area (Å²) in [6.45, 7) is 0. The van der Waals surface area contributed by atoms with Crippen LogP contribution >= 0.6 is 38.5 Å². The summed E-state index contributed by atoms with van der Waals surface area (Å²) in [5.74, 6) is -0.494. The zero-order chi connectivity index (χ0) is 12.3. The zero-order valence-corrected chi connectivity index (χ0v) is 11.9. The highest BCUT2D eigenvalue weighted by molar-refractivity contribution is 14.1. The minimum Gasteiger partial charge on any atom is -0.469 e. The number of pyridine rings is 1. The number of esters is 1. The van der Waals surface area contributed by atoms with Gasteiger partial charge in [0.2, 0.25) is 0 Å². The molecule has 3 nitrogen and oxygen atoms in total. The number of nitrogens with zero attached hydrogens (tertiary/aromatic N) is 1. The van der Waals surface area contributed by atoms with Gasteiger partial charge >= 0.3 is 5.97 Å². The molecule has 0 fully saturated rings. The van der Waals surface area contributed by atoms with Gasteiger partial charge in [0.15, 0.2) is 0 Å². The third-order valence-corrected chi connectivity index (χ3v) is 3.83. The maximum absolute atomic E-state index is 12.6. The molecule has 0 aromatic carbocycles. The van der Waals surface area contributed by atoms with Crippen LogP contribution in [0.5, 0.6) is 0 Å². The molecule has 0 atom stereocenters. The Balaban J connectivity index is 3.16. The quantitative estimate of drug-likeness (QED) is 0.440. The van der Waals surface area contributed by atoms with Crippen LogP contribution in [0.1, 0.15) is 17.6 Å². The van der Waals surface area contributed by atoms with Crippen molar-refractivity contribution in [2.24, 2.45) is 0 Å². The third-order valence-electron chi connectivity index (χ3n) is 1.87. The van der Waals surface area contributed by atoms with Gasteiger partial charge in [-0.3, -0.25) is 4.79 Å². The van der Waals surface area contributed by atoms with Crippen LogP contribution in [0.4, 0.5) is 8.78 Å². The molecule has 0 unspecified atom stereocenters. The first-order valence-corrected chi connectivity index (χ1v) is 6.02. The van der Waals surface area contributed by atoms with Gasteiger partial charge in [0.25, 0.3) is 6.43 Å². The topological polar surface area (TPSA) is 39.2 Å². The Morgan fingerprint density at radius 1 is 1.69 bits per heavy atom. The Bertz CT molecular complexity index is 415. The molecule has 0 aliphatic rings. The van der Waals surface area contributed by atoms with Gasteiger partial charge in [0.05, 0.1) is 13.5 Å². The summed E-state index contributed by atoms with van der Waals surface area (Å²) in [7, 11) is 1.24. The Morgan fingerprint density at radius 3 is 2.81 bits per heavy atom. The smallest absolute Gasteiger partial charge is 0.310 e. The number of rotatable bonds is 3. The van der Waals surface area contributed by atoms with E-state index in [0.717, 1.165) is 6.20 Å². The SMILES string of the molecule is COC(=O)Cc1c(Br)ncc(C(F)F)c1I. The molecule has 1 heterocycles. The molecule has 88 valence electrons. The molecule has 1 rings (SSSR count). The number of alkyl halides is 2. The predicted octanol–water partition coefficient (Wildman–Crippen LogP) is 3.10. The lowest BCUT2D eigenvalue weighted by molar-refractivity contribution is -0.139. The Labute approximate surface area is 113 Å². The van der Waals surface area contributed by atoms with Crippen molar-refractivity contribution in [2.75, 3.05) is 7.11 Å². The molecule has 0 spiro atoms. The van der Waals surface area contributed by atoms with Gasteiger partial charge in [0.1, 0.15) is 4.60 Å². The van der Waals surface area contributed by atoms with Crippen molar-refractivity contribution in [3.05, 3.63) is 25.5 Å². The highest BCUT2D eigenvalue weighted by Crippen LogP contribution is 2.30. The lowest BCUT2D eigenvalue weighted by Gasteiger charge is -2.09. The normalized spacial score (nSPS) is 10.6. The van der Waals surface area contributed by atoms with Gasteiger partial charge in [-0.1, -0.05) is 0 Å². The maximum atomic E-state index is 12.6. The van der Waals surface area contributed by atoms with Crippen molar-refractivity contribution in [1.29, 1.82) is 0 Å². The minimum atomic E-state index is -2.61. The summed E-state index contributed by atoms with van der Waals surface area (Å²) in [6, 6.07) is 0. The van der Waals surface area contributed by atoms with Gasteiger partial charge in [-0.2, -0.15) is 0 Å². The summed E-state index contributed by atoms with van der Waals surface area (Å²) >= 11 is 4.89. The summed E-state index contributed by atoms with van der Waals surface area (Å²) in [4.78, 5) is 14.9. The van der Waals surface area contributed by atoms with Crippen LogP contribution in [-0.4, -0.2) is 18.1 Å². The van der Waals surface area contributed by atoms with Crippen LogP contribution < -0.4 is 0 Å². The average Bonchev–Trinajstić information content (AvgIpc) is 2.23. The van der Waals surface area contributed by atoms with E-state index in [1.165, 1.54) is 7.11 Å². The molecule has 0 radical (unpaired) electrons. The van der Waals surface area contributed by atoms with Gasteiger partial charge in [0, 0.05) is 20.9 Å². The van der Waals surface area contributed by atoms with Crippen LogP contribution in [0.2, 0.25) is 0 Å². The van der Waals surface area contributed by atoms with E-state index in [-0.39, 0.29) is 12.0 Å². The fourth-order valence-electron chi connectivity index (χ4n) is 1.04. The first-order valence-electron chi connectivity index (χ1n) is 4.15. The number of hydrogen-bond acceptors (Lipinski definition) is 3. The lowest BCUT2D eigenvalue weighted by Crippen LogP contribution is -2.09. The molecule has 1 aromatic rings. The van der Waals surface area contributed by atoms with E-state index in [1.807, 2.05) is 0 Å². The Hall–Kier alpha value is -0.310. The minimum absolute atomic E-state index is 0.0804. The zero-order valence-electron chi connectivity index (χ0n) is 8.14. The highest BCUT2D eigenvalue weighted by Gasteiger charge is 2.19. The van der Waals surface area contributed by atoms with E-state index in [2.05, 4.69) is 25.7 Å². The molecule has 16 heavy (non-hydrogen) atoms. The molecular formula is C9H7BrF2INO2. The number of carbonyl (C=O) groups is 1. The summed E-state index contributed by atoms with van der Waals surface area (Å²) in [5.41, 5.74) is 0.243. The van der Waals surface area contributed by atoms with Crippen molar-refractivity contribution in [1.82, 2.24) is 4.98 Å². The molecule has 1 aromatic heterocycles. The van der Waals surface area contributed by atoms with Gasteiger partial charge in [-0.25, -0.2) is 13.8 Å². The molecule has 0 N–H and O–H groups in total. The second-order valence-electron chi connectivity index (χ2n) is 2.85. The number of aromatic nitrogens is 1. The van der Waals surface area contributed by atoms with Crippen LogP contribution in [0.25, 0.3) is 0 Å².